The summed E-state index contributed by atoms with van der Waals surface area (Å²) in [5.41, 5.74) is 0. The third-order valence-corrected chi connectivity index (χ3v) is 7.82. The number of allylic oxidation sites excluding steroid dienone is 2. The van der Waals surface area contributed by atoms with E-state index >= 15 is 0 Å². The summed E-state index contributed by atoms with van der Waals surface area (Å²) in [4.78, 5) is 30.9. The molecular weight excluding hydrogens is 342 g/mol. The Bertz CT molecular complexity index is 671. The Morgan fingerprint density at radius 3 is 2.08 bits per heavy atom. The molecule has 7 nitrogen and oxygen atoms in total. The van der Waals surface area contributed by atoms with Gasteiger partial charge in [0.15, 0.2) is 9.84 Å². The van der Waals surface area contributed by atoms with Gasteiger partial charge in [0.1, 0.15) is 0 Å². The average molecular weight is 367 g/mol. The van der Waals surface area contributed by atoms with E-state index in [0.29, 0.717) is 25.3 Å². The first-order chi connectivity index (χ1) is 11.9. The minimum absolute atomic E-state index is 0.0244. The summed E-state index contributed by atoms with van der Waals surface area (Å²) in [7, 11) is -2.86. The number of nitrogens with zero attached hydrogens (tertiary/aromatic N) is 3. The lowest BCUT2D eigenvalue weighted by Crippen LogP contribution is -2.53. The van der Waals surface area contributed by atoms with Gasteiger partial charge in [0, 0.05) is 32.2 Å². The Labute approximate surface area is 148 Å². The molecule has 0 saturated carbocycles. The number of carbonyl (C=O) groups excluding carboxylic acids is 2. The van der Waals surface area contributed by atoms with Gasteiger partial charge in [0.2, 0.25) is 11.8 Å². The van der Waals surface area contributed by atoms with Crippen LogP contribution in [-0.2, 0) is 19.4 Å². The van der Waals surface area contributed by atoms with E-state index in [1.165, 1.54) is 4.90 Å². The summed E-state index contributed by atoms with van der Waals surface area (Å²) in [6.45, 7) is 3.50. The predicted octanol–water partition coefficient (Wildman–Crippen LogP) is -0.300. The number of hydrogen-bond donors (Lipinski definition) is 0. The summed E-state index contributed by atoms with van der Waals surface area (Å²) >= 11 is 0. The van der Waals surface area contributed by atoms with Crippen LogP contribution in [0.15, 0.2) is 12.2 Å². The fourth-order valence-corrected chi connectivity index (χ4v) is 6.30. The number of piperazine rings is 1. The Balaban J connectivity index is 1.32. The van der Waals surface area contributed by atoms with Crippen molar-refractivity contribution in [3.8, 4) is 0 Å². The van der Waals surface area contributed by atoms with Crippen LogP contribution in [0.3, 0.4) is 0 Å². The van der Waals surface area contributed by atoms with Crippen LogP contribution in [0.5, 0.6) is 0 Å². The van der Waals surface area contributed by atoms with Crippen molar-refractivity contribution in [1.29, 1.82) is 0 Å². The molecule has 3 unspecified atom stereocenters. The standard InChI is InChI=1S/C17H25N3O4S/c21-16-14-3-1-2-4-15(14)17(22)20(16)12-18-6-8-19(9-7-18)13-5-10-25(23,24)11-13/h1-2,13-15H,3-12H2. The lowest BCUT2D eigenvalue weighted by Gasteiger charge is -2.38. The molecule has 3 fully saturated rings. The van der Waals surface area contributed by atoms with Gasteiger partial charge >= 0.3 is 0 Å². The third kappa shape index (κ3) is 3.27. The predicted molar refractivity (Wildman–Crippen MR) is 92.3 cm³/mol. The smallest absolute Gasteiger partial charge is 0.234 e. The Hall–Kier alpha value is -1.25. The molecule has 8 heteroatoms. The summed E-state index contributed by atoms with van der Waals surface area (Å²) in [6, 6.07) is 0.135. The molecule has 0 spiro atoms. The fraction of sp³-hybridized carbons (Fsp3) is 0.765. The second-order valence-corrected chi connectivity index (χ2v) is 9.84. The van der Waals surface area contributed by atoms with E-state index in [-0.39, 0.29) is 35.4 Å². The Morgan fingerprint density at radius 2 is 1.56 bits per heavy atom. The van der Waals surface area contributed by atoms with E-state index < -0.39 is 9.84 Å². The van der Waals surface area contributed by atoms with Gasteiger partial charge in [-0.15, -0.1) is 0 Å². The maximum Gasteiger partial charge on any atom is 0.234 e. The molecule has 138 valence electrons. The van der Waals surface area contributed by atoms with Gasteiger partial charge in [-0.1, -0.05) is 12.2 Å². The van der Waals surface area contributed by atoms with Crippen molar-refractivity contribution in [2.45, 2.75) is 25.3 Å². The molecule has 4 rings (SSSR count). The van der Waals surface area contributed by atoms with Gasteiger partial charge in [-0.2, -0.15) is 0 Å². The van der Waals surface area contributed by atoms with Gasteiger partial charge < -0.3 is 0 Å². The van der Waals surface area contributed by atoms with E-state index in [2.05, 4.69) is 9.80 Å². The number of carbonyl (C=O) groups is 2. The van der Waals surface area contributed by atoms with Crippen LogP contribution in [0.1, 0.15) is 19.3 Å². The zero-order valence-corrected chi connectivity index (χ0v) is 15.2. The molecule has 4 aliphatic rings. The normalized spacial score (nSPS) is 36.2. The number of imide groups is 1. The maximum absolute atomic E-state index is 12.5. The average Bonchev–Trinajstić information content (AvgIpc) is 3.09. The molecule has 2 amide bonds. The fourth-order valence-electron chi connectivity index (χ4n) is 4.54. The molecule has 0 radical (unpaired) electrons. The highest BCUT2D eigenvalue weighted by atomic mass is 32.2. The van der Waals surface area contributed by atoms with Crippen LogP contribution in [-0.4, -0.2) is 85.3 Å². The van der Waals surface area contributed by atoms with E-state index in [9.17, 15) is 18.0 Å². The van der Waals surface area contributed by atoms with Crippen LogP contribution in [0.25, 0.3) is 0 Å². The van der Waals surface area contributed by atoms with E-state index in [4.69, 9.17) is 0 Å². The quantitative estimate of drug-likeness (QED) is 0.503. The highest BCUT2D eigenvalue weighted by Crippen LogP contribution is 2.35. The number of rotatable bonds is 3. The lowest BCUT2D eigenvalue weighted by atomic mass is 9.85. The first kappa shape index (κ1) is 17.2. The molecule has 0 N–H and O–H groups in total. The summed E-state index contributed by atoms with van der Waals surface area (Å²) in [5, 5.41) is 0. The first-order valence-corrected chi connectivity index (χ1v) is 10.9. The molecular formula is C17H25N3O4S. The molecule has 0 aromatic rings. The number of sulfone groups is 1. The third-order valence-electron chi connectivity index (χ3n) is 6.07. The SMILES string of the molecule is O=C1C2CC=CCC2C(=O)N1CN1CCN(C2CCS(=O)(=O)C2)CC1. The van der Waals surface area contributed by atoms with Gasteiger partial charge in [-0.05, 0) is 19.3 Å². The zero-order valence-electron chi connectivity index (χ0n) is 14.3. The minimum Gasteiger partial charge on any atom is -0.297 e. The largest absolute Gasteiger partial charge is 0.297 e. The van der Waals surface area contributed by atoms with Crippen LogP contribution in [0, 0.1) is 11.8 Å². The number of fused-ring (bicyclic) bond motifs is 1. The van der Waals surface area contributed by atoms with E-state index in [1.807, 2.05) is 12.2 Å². The van der Waals surface area contributed by atoms with Crippen molar-refractivity contribution < 1.29 is 18.0 Å². The summed E-state index contributed by atoms with van der Waals surface area (Å²) in [5.74, 6) is 0.190. The first-order valence-electron chi connectivity index (χ1n) is 9.12. The lowest BCUT2D eigenvalue weighted by molar-refractivity contribution is -0.142. The monoisotopic (exact) mass is 367 g/mol. The van der Waals surface area contributed by atoms with Gasteiger partial charge in [0.05, 0.1) is 30.0 Å². The molecule has 1 aliphatic carbocycles. The number of likely N-dealkylation sites (tertiary alicyclic amines) is 1. The summed E-state index contributed by atoms with van der Waals surface area (Å²) < 4.78 is 23.3. The molecule has 0 aromatic carbocycles. The second-order valence-electron chi connectivity index (χ2n) is 7.61. The minimum atomic E-state index is -2.86. The Morgan fingerprint density at radius 1 is 0.960 bits per heavy atom. The van der Waals surface area contributed by atoms with Crippen LogP contribution < -0.4 is 0 Å². The molecule has 25 heavy (non-hydrogen) atoms. The number of amides is 2. The van der Waals surface area contributed by atoms with Crippen molar-refractivity contribution >= 4 is 21.7 Å². The van der Waals surface area contributed by atoms with Crippen molar-refractivity contribution in [2.75, 3.05) is 44.4 Å². The van der Waals surface area contributed by atoms with Crippen molar-refractivity contribution in [1.82, 2.24) is 14.7 Å². The Kier molecular flexibility index (Phi) is 4.45. The van der Waals surface area contributed by atoms with Crippen molar-refractivity contribution in [2.24, 2.45) is 11.8 Å². The van der Waals surface area contributed by atoms with Crippen LogP contribution in [0.4, 0.5) is 0 Å². The van der Waals surface area contributed by atoms with Gasteiger partial charge in [-0.3, -0.25) is 24.3 Å². The molecule has 3 aliphatic heterocycles. The van der Waals surface area contributed by atoms with Crippen molar-refractivity contribution in [3.63, 3.8) is 0 Å². The topological polar surface area (TPSA) is 78.0 Å². The van der Waals surface area contributed by atoms with Crippen molar-refractivity contribution in [3.05, 3.63) is 12.2 Å². The van der Waals surface area contributed by atoms with E-state index in [0.717, 1.165) is 32.6 Å². The highest BCUT2D eigenvalue weighted by molar-refractivity contribution is 7.91. The van der Waals surface area contributed by atoms with Crippen LogP contribution in [0.2, 0.25) is 0 Å². The van der Waals surface area contributed by atoms with Crippen LogP contribution >= 0.6 is 0 Å². The molecule has 0 bridgehead atoms. The molecule has 3 saturated heterocycles. The summed E-state index contributed by atoms with van der Waals surface area (Å²) in [6.07, 6.45) is 6.08. The number of hydrogen-bond acceptors (Lipinski definition) is 6. The maximum atomic E-state index is 12.5. The zero-order chi connectivity index (χ0) is 17.6. The molecule has 3 atom stereocenters. The van der Waals surface area contributed by atoms with Gasteiger partial charge in [-0.25, -0.2) is 8.42 Å². The van der Waals surface area contributed by atoms with E-state index in [1.54, 1.807) is 0 Å². The van der Waals surface area contributed by atoms with Gasteiger partial charge in [0.25, 0.3) is 0 Å². The molecule has 0 aromatic heterocycles. The highest BCUT2D eigenvalue weighted by Gasteiger charge is 2.47. The molecule has 3 heterocycles. The second kappa shape index (κ2) is 6.48.